The van der Waals surface area contributed by atoms with E-state index in [-0.39, 0.29) is 23.1 Å². The van der Waals surface area contributed by atoms with E-state index in [2.05, 4.69) is 13.0 Å². The summed E-state index contributed by atoms with van der Waals surface area (Å²) in [5, 5.41) is 0. The highest BCUT2D eigenvalue weighted by Crippen LogP contribution is 2.41. The predicted octanol–water partition coefficient (Wildman–Crippen LogP) is 10.1. The fourth-order valence-electron chi connectivity index (χ4n) is 5.23. The fraction of sp³-hybridized carbons (Fsp3) is 0.400. The second kappa shape index (κ2) is 11.8. The molecule has 3 aromatic rings. The van der Waals surface area contributed by atoms with E-state index < -0.39 is 46.5 Å². The van der Waals surface area contributed by atoms with E-state index in [0.29, 0.717) is 30.4 Å². The van der Waals surface area contributed by atoms with Gasteiger partial charge in [-0.2, -0.15) is 13.2 Å². The van der Waals surface area contributed by atoms with Crippen LogP contribution in [0.3, 0.4) is 0 Å². The number of rotatable bonds is 8. The summed E-state index contributed by atoms with van der Waals surface area (Å²) in [6.45, 7) is 2.16. The molecule has 0 N–H and O–H groups in total. The smallest absolute Gasteiger partial charge is 0.416 e. The quantitative estimate of drug-likeness (QED) is 0.260. The van der Waals surface area contributed by atoms with Crippen molar-refractivity contribution in [3.05, 3.63) is 82.9 Å². The highest BCUT2D eigenvalue weighted by atomic mass is 19.4. The van der Waals surface area contributed by atoms with Crippen LogP contribution in [0.5, 0.6) is 11.5 Å². The minimum absolute atomic E-state index is 0.0982. The molecule has 4 rings (SSSR count). The minimum atomic E-state index is -4.75. The molecule has 203 valence electrons. The highest BCUT2D eigenvalue weighted by molar-refractivity contribution is 5.71. The highest BCUT2D eigenvalue weighted by Gasteiger charge is 2.32. The summed E-state index contributed by atoms with van der Waals surface area (Å²) in [7, 11) is 0. The zero-order valence-electron chi connectivity index (χ0n) is 20.9. The van der Waals surface area contributed by atoms with Gasteiger partial charge in [-0.15, -0.1) is 0 Å². The number of hydrogen-bond acceptors (Lipinski definition) is 1. The van der Waals surface area contributed by atoms with Crippen molar-refractivity contribution in [2.24, 2.45) is 11.8 Å². The van der Waals surface area contributed by atoms with Crippen LogP contribution in [-0.4, -0.2) is 0 Å². The molecule has 1 aliphatic carbocycles. The van der Waals surface area contributed by atoms with Gasteiger partial charge in [0.05, 0.1) is 5.56 Å². The van der Waals surface area contributed by atoms with Crippen molar-refractivity contribution in [2.45, 2.75) is 64.5 Å². The lowest BCUT2D eigenvalue weighted by Gasteiger charge is -2.28. The zero-order valence-corrected chi connectivity index (χ0v) is 20.9. The Hall–Kier alpha value is -3.03. The molecule has 0 atom stereocenters. The Morgan fingerprint density at radius 3 is 2.11 bits per heavy atom. The van der Waals surface area contributed by atoms with Gasteiger partial charge in [-0.05, 0) is 60.6 Å². The Kier molecular flexibility index (Phi) is 8.68. The zero-order chi connectivity index (χ0) is 27.4. The normalized spacial score (nSPS) is 18.0. The molecule has 0 heterocycles. The van der Waals surface area contributed by atoms with Crippen LogP contribution in [0.1, 0.15) is 63.0 Å². The molecule has 38 heavy (non-hydrogen) atoms. The van der Waals surface area contributed by atoms with Gasteiger partial charge in [0.2, 0.25) is 0 Å². The van der Waals surface area contributed by atoms with Gasteiger partial charge in [0.15, 0.2) is 11.6 Å². The second-order valence-corrected chi connectivity index (χ2v) is 9.94. The van der Waals surface area contributed by atoms with E-state index in [0.717, 1.165) is 62.4 Å². The van der Waals surface area contributed by atoms with Crippen molar-refractivity contribution >= 4 is 0 Å². The van der Waals surface area contributed by atoms with Crippen molar-refractivity contribution in [1.29, 1.82) is 0 Å². The van der Waals surface area contributed by atoms with Gasteiger partial charge < -0.3 is 4.74 Å². The summed E-state index contributed by atoms with van der Waals surface area (Å²) >= 11 is 0. The van der Waals surface area contributed by atoms with Crippen LogP contribution in [0.4, 0.5) is 30.7 Å². The Labute approximate surface area is 217 Å². The third-order valence-electron chi connectivity index (χ3n) is 7.24. The van der Waals surface area contributed by atoms with Crippen LogP contribution in [0.15, 0.2) is 42.5 Å². The molecule has 0 aromatic heterocycles. The first-order chi connectivity index (χ1) is 18.0. The molecule has 1 fully saturated rings. The Balaban J connectivity index is 1.61. The number of benzene rings is 3. The van der Waals surface area contributed by atoms with Gasteiger partial charge in [0.1, 0.15) is 23.2 Å². The van der Waals surface area contributed by atoms with Crippen LogP contribution in [0, 0.1) is 41.2 Å². The van der Waals surface area contributed by atoms with Gasteiger partial charge >= 0.3 is 6.18 Å². The summed E-state index contributed by atoms with van der Waals surface area (Å²) < 4.78 is 103. The van der Waals surface area contributed by atoms with Crippen LogP contribution in [0.25, 0.3) is 11.1 Å². The number of hydrogen-bond donors (Lipinski definition) is 0. The van der Waals surface area contributed by atoms with E-state index in [4.69, 9.17) is 4.74 Å². The monoisotopic (exact) mass is 537 g/mol. The van der Waals surface area contributed by atoms with Crippen molar-refractivity contribution < 1.29 is 35.5 Å². The molecule has 3 aromatic carbocycles. The van der Waals surface area contributed by atoms with Crippen molar-refractivity contribution in [1.82, 2.24) is 0 Å². The van der Waals surface area contributed by atoms with Crippen molar-refractivity contribution in [3.8, 4) is 22.6 Å². The van der Waals surface area contributed by atoms with E-state index in [1.807, 2.05) is 0 Å². The van der Waals surface area contributed by atoms with Gasteiger partial charge in [-0.1, -0.05) is 51.5 Å². The van der Waals surface area contributed by atoms with E-state index in [9.17, 15) is 26.3 Å². The predicted molar refractivity (Wildman–Crippen MR) is 131 cm³/mol. The minimum Gasteiger partial charge on any atom is -0.453 e. The Morgan fingerprint density at radius 1 is 0.868 bits per heavy atom. The fourth-order valence-corrected chi connectivity index (χ4v) is 5.23. The van der Waals surface area contributed by atoms with Crippen LogP contribution < -0.4 is 4.74 Å². The number of halogens is 7. The average Bonchev–Trinajstić information content (AvgIpc) is 2.85. The lowest BCUT2D eigenvalue weighted by atomic mass is 9.78. The summed E-state index contributed by atoms with van der Waals surface area (Å²) in [5.41, 5.74) is -1.53. The van der Waals surface area contributed by atoms with Gasteiger partial charge in [0.25, 0.3) is 0 Å². The summed E-state index contributed by atoms with van der Waals surface area (Å²) in [4.78, 5) is 0. The molecular weight excluding hydrogens is 509 g/mol. The van der Waals surface area contributed by atoms with Crippen molar-refractivity contribution in [3.63, 3.8) is 0 Å². The first-order valence-corrected chi connectivity index (χ1v) is 12.8. The summed E-state index contributed by atoms with van der Waals surface area (Å²) in [6.07, 6.45) is 2.43. The van der Waals surface area contributed by atoms with E-state index >= 15 is 4.39 Å². The third kappa shape index (κ3) is 6.69. The Morgan fingerprint density at radius 2 is 1.50 bits per heavy atom. The summed E-state index contributed by atoms with van der Waals surface area (Å²) in [5.74, 6) is -3.81. The molecule has 1 aliphatic rings. The van der Waals surface area contributed by atoms with E-state index in [1.165, 1.54) is 6.42 Å². The molecule has 0 aliphatic heterocycles. The first-order valence-electron chi connectivity index (χ1n) is 12.8. The van der Waals surface area contributed by atoms with Crippen molar-refractivity contribution in [2.75, 3.05) is 0 Å². The van der Waals surface area contributed by atoms with Crippen LogP contribution >= 0.6 is 0 Å². The molecular formula is C30H28F7O. The third-order valence-corrected chi connectivity index (χ3v) is 7.24. The Bertz CT molecular complexity index is 1240. The van der Waals surface area contributed by atoms with Gasteiger partial charge in [-0.3, -0.25) is 0 Å². The maximum Gasteiger partial charge on any atom is 0.416 e. The molecule has 0 spiro atoms. The molecule has 0 bridgehead atoms. The second-order valence-electron chi connectivity index (χ2n) is 9.94. The topological polar surface area (TPSA) is 9.23 Å². The van der Waals surface area contributed by atoms with Gasteiger partial charge in [-0.25, -0.2) is 17.6 Å². The SMILES string of the molecule is CCC[C@H]1CC[C@H](CCc2c(F)c[c]c(Oc3cc(C(F)(F)F)ccc3-c3cc(F)cc(F)c3)c2F)CC1. The van der Waals surface area contributed by atoms with Crippen LogP contribution in [0.2, 0.25) is 0 Å². The largest absolute Gasteiger partial charge is 0.453 e. The summed E-state index contributed by atoms with van der Waals surface area (Å²) in [6, 6.07) is 7.99. The number of alkyl halides is 3. The van der Waals surface area contributed by atoms with Gasteiger partial charge in [0, 0.05) is 23.3 Å². The maximum atomic E-state index is 15.4. The average molecular weight is 538 g/mol. The lowest BCUT2D eigenvalue weighted by molar-refractivity contribution is -0.137. The molecule has 0 amide bonds. The lowest BCUT2D eigenvalue weighted by Crippen LogP contribution is -2.15. The standard InChI is InChI=1S/C30H28F7O/c1-2-3-18-4-6-19(7-5-18)8-10-25-26(33)12-13-27(29(25)34)38-28-16-21(30(35,36)37)9-11-24(28)20-14-22(31)17-23(32)15-20/h9,11-12,14-19H,2-8,10H2,1H3/t18-,19-. The molecule has 8 heteroatoms. The molecule has 0 saturated heterocycles. The first kappa shape index (κ1) is 28.0. The maximum absolute atomic E-state index is 15.4. The molecule has 1 nitrogen and oxygen atoms in total. The molecule has 1 saturated carbocycles. The number of ether oxygens (including phenoxy) is 1. The molecule has 1 radical (unpaired) electrons. The van der Waals surface area contributed by atoms with Crippen LogP contribution in [-0.2, 0) is 12.6 Å². The van der Waals surface area contributed by atoms with E-state index in [1.54, 1.807) is 0 Å². The molecule has 0 unspecified atom stereocenters.